The van der Waals surface area contributed by atoms with E-state index in [1.54, 1.807) is 24.6 Å². The van der Waals surface area contributed by atoms with E-state index in [0.29, 0.717) is 11.6 Å². The van der Waals surface area contributed by atoms with Gasteiger partial charge in [-0.1, -0.05) is 0 Å². The Morgan fingerprint density at radius 3 is 2.50 bits per heavy atom. The van der Waals surface area contributed by atoms with Gasteiger partial charge in [-0.2, -0.15) is 0 Å². The molecule has 1 aromatic carbocycles. The molecule has 1 N–H and O–H groups in total. The van der Waals surface area contributed by atoms with E-state index in [1.807, 2.05) is 48.7 Å². The van der Waals surface area contributed by atoms with E-state index >= 15 is 0 Å². The molecular formula is C16H15N3O2S. The number of nitrogens with one attached hydrogen (secondary N) is 1. The van der Waals surface area contributed by atoms with Crippen LogP contribution in [-0.2, 0) is 0 Å². The Labute approximate surface area is 132 Å². The van der Waals surface area contributed by atoms with Crippen LogP contribution in [0.5, 0.6) is 17.2 Å². The number of nitrogens with zero attached hydrogens (tertiary/aromatic N) is 2. The zero-order valence-corrected chi connectivity index (χ0v) is 13.1. The van der Waals surface area contributed by atoms with Gasteiger partial charge in [0, 0.05) is 17.6 Å². The highest BCUT2D eigenvalue weighted by Crippen LogP contribution is 2.26. The maximum absolute atomic E-state index is 5.81. The quantitative estimate of drug-likeness (QED) is 0.757. The number of ether oxygens (including phenoxy) is 2. The second-order valence-electron chi connectivity index (χ2n) is 4.57. The van der Waals surface area contributed by atoms with Crippen LogP contribution in [0.4, 0.5) is 10.9 Å². The lowest BCUT2D eigenvalue weighted by Gasteiger charge is -2.08. The third-order valence-electron chi connectivity index (χ3n) is 2.88. The fourth-order valence-electron chi connectivity index (χ4n) is 1.84. The number of benzene rings is 1. The number of hydrogen-bond acceptors (Lipinski definition) is 6. The summed E-state index contributed by atoms with van der Waals surface area (Å²) in [6, 6.07) is 11.1. The summed E-state index contributed by atoms with van der Waals surface area (Å²) in [6.45, 7) is 1.96. The van der Waals surface area contributed by atoms with Crippen molar-refractivity contribution in [1.29, 1.82) is 0 Å². The summed E-state index contributed by atoms with van der Waals surface area (Å²) in [5, 5.41) is 5.96. The molecule has 0 saturated carbocycles. The van der Waals surface area contributed by atoms with Crippen molar-refractivity contribution in [2.75, 3.05) is 12.4 Å². The fourth-order valence-corrected chi connectivity index (χ4v) is 2.54. The summed E-state index contributed by atoms with van der Waals surface area (Å²) >= 11 is 1.54. The molecule has 0 unspecified atom stereocenters. The zero-order valence-electron chi connectivity index (χ0n) is 12.2. The molecule has 0 fully saturated rings. The number of aromatic nitrogens is 2. The molecule has 2 heterocycles. The lowest BCUT2D eigenvalue weighted by Crippen LogP contribution is -1.94. The van der Waals surface area contributed by atoms with Gasteiger partial charge in [0.15, 0.2) is 5.13 Å². The molecule has 5 nitrogen and oxygen atoms in total. The van der Waals surface area contributed by atoms with E-state index in [0.717, 1.165) is 22.3 Å². The molecule has 0 aliphatic carbocycles. The molecule has 6 heteroatoms. The molecule has 2 aromatic heterocycles. The molecule has 0 aliphatic heterocycles. The maximum Gasteiger partial charge on any atom is 0.188 e. The zero-order chi connectivity index (χ0) is 15.4. The van der Waals surface area contributed by atoms with Crippen LogP contribution in [0.1, 0.15) is 5.69 Å². The van der Waals surface area contributed by atoms with Crippen LogP contribution >= 0.6 is 11.3 Å². The summed E-state index contributed by atoms with van der Waals surface area (Å²) in [5.41, 5.74) is 0.984. The molecule has 0 amide bonds. The van der Waals surface area contributed by atoms with Crippen molar-refractivity contribution in [2.24, 2.45) is 0 Å². The van der Waals surface area contributed by atoms with Crippen LogP contribution < -0.4 is 14.8 Å². The van der Waals surface area contributed by atoms with Crippen molar-refractivity contribution < 1.29 is 9.47 Å². The Hall–Kier alpha value is -2.60. The van der Waals surface area contributed by atoms with E-state index in [4.69, 9.17) is 9.47 Å². The van der Waals surface area contributed by atoms with Gasteiger partial charge in [-0.05, 0) is 37.3 Å². The molecule has 112 valence electrons. The Balaban J connectivity index is 1.72. The first-order valence-corrected chi connectivity index (χ1v) is 7.58. The van der Waals surface area contributed by atoms with Gasteiger partial charge in [-0.3, -0.25) is 0 Å². The standard InChI is InChI=1S/C16H15N3O2S/c1-11-10-22-16(18-11)19-15-9-14(7-8-17-15)21-13-5-3-12(20-2)4-6-13/h3-10H,1-2H3,(H,17,18,19). The second kappa shape index (κ2) is 6.44. The summed E-state index contributed by atoms with van der Waals surface area (Å²) < 4.78 is 10.9. The van der Waals surface area contributed by atoms with Gasteiger partial charge in [0.25, 0.3) is 0 Å². The summed E-state index contributed by atoms with van der Waals surface area (Å²) in [7, 11) is 1.64. The topological polar surface area (TPSA) is 56.3 Å². The molecule has 0 atom stereocenters. The number of anilines is 2. The van der Waals surface area contributed by atoms with Crippen LogP contribution in [0.3, 0.4) is 0 Å². The number of methoxy groups -OCH3 is 1. The Bertz CT molecular complexity index is 756. The van der Waals surface area contributed by atoms with Crippen LogP contribution in [-0.4, -0.2) is 17.1 Å². The van der Waals surface area contributed by atoms with Gasteiger partial charge >= 0.3 is 0 Å². The largest absolute Gasteiger partial charge is 0.497 e. The molecule has 22 heavy (non-hydrogen) atoms. The lowest BCUT2D eigenvalue weighted by atomic mass is 10.3. The van der Waals surface area contributed by atoms with Crippen LogP contribution in [0.2, 0.25) is 0 Å². The predicted octanol–water partition coefficient (Wildman–Crippen LogP) is 4.39. The smallest absolute Gasteiger partial charge is 0.188 e. The fraction of sp³-hybridized carbons (Fsp3) is 0.125. The Kier molecular flexibility index (Phi) is 4.20. The van der Waals surface area contributed by atoms with Gasteiger partial charge in [-0.25, -0.2) is 9.97 Å². The summed E-state index contributed by atoms with van der Waals surface area (Å²) in [6.07, 6.45) is 1.70. The lowest BCUT2D eigenvalue weighted by molar-refractivity contribution is 0.413. The molecule has 0 bridgehead atoms. The normalized spacial score (nSPS) is 10.3. The summed E-state index contributed by atoms with van der Waals surface area (Å²) in [5.74, 6) is 2.93. The molecule has 3 aromatic rings. The number of aryl methyl sites for hydroxylation is 1. The van der Waals surface area contributed by atoms with Crippen molar-refractivity contribution in [3.63, 3.8) is 0 Å². The van der Waals surface area contributed by atoms with Crippen LogP contribution in [0.25, 0.3) is 0 Å². The van der Waals surface area contributed by atoms with Gasteiger partial charge in [0.2, 0.25) is 0 Å². The van der Waals surface area contributed by atoms with Gasteiger partial charge in [0.05, 0.1) is 12.8 Å². The highest BCUT2D eigenvalue weighted by molar-refractivity contribution is 7.13. The van der Waals surface area contributed by atoms with Gasteiger partial charge in [-0.15, -0.1) is 11.3 Å². The Morgan fingerprint density at radius 1 is 1.05 bits per heavy atom. The molecular weight excluding hydrogens is 298 g/mol. The highest BCUT2D eigenvalue weighted by atomic mass is 32.1. The molecule has 0 radical (unpaired) electrons. The van der Waals surface area contributed by atoms with E-state index < -0.39 is 0 Å². The second-order valence-corrected chi connectivity index (χ2v) is 5.43. The van der Waals surface area contributed by atoms with Crippen molar-refractivity contribution in [1.82, 2.24) is 9.97 Å². The number of hydrogen-bond donors (Lipinski definition) is 1. The van der Waals surface area contributed by atoms with Crippen molar-refractivity contribution in [3.05, 3.63) is 53.7 Å². The Morgan fingerprint density at radius 2 is 1.82 bits per heavy atom. The first-order chi connectivity index (χ1) is 10.7. The third kappa shape index (κ3) is 3.53. The van der Waals surface area contributed by atoms with Crippen LogP contribution in [0, 0.1) is 6.92 Å². The van der Waals surface area contributed by atoms with Crippen molar-refractivity contribution in [2.45, 2.75) is 6.92 Å². The van der Waals surface area contributed by atoms with Crippen molar-refractivity contribution in [3.8, 4) is 17.2 Å². The predicted molar refractivity (Wildman–Crippen MR) is 87.4 cm³/mol. The first kappa shape index (κ1) is 14.3. The minimum absolute atomic E-state index is 0.695. The van der Waals surface area contributed by atoms with Crippen LogP contribution in [0.15, 0.2) is 48.0 Å². The number of pyridine rings is 1. The van der Waals surface area contributed by atoms with E-state index in [1.165, 1.54) is 0 Å². The van der Waals surface area contributed by atoms with E-state index in [2.05, 4.69) is 15.3 Å². The molecule has 3 rings (SSSR count). The molecule has 0 spiro atoms. The molecule has 0 aliphatic rings. The minimum Gasteiger partial charge on any atom is -0.497 e. The third-order valence-corrected chi connectivity index (χ3v) is 3.76. The average Bonchev–Trinajstić information content (AvgIpc) is 2.93. The van der Waals surface area contributed by atoms with E-state index in [-0.39, 0.29) is 0 Å². The monoisotopic (exact) mass is 313 g/mol. The average molecular weight is 313 g/mol. The van der Waals surface area contributed by atoms with Gasteiger partial charge < -0.3 is 14.8 Å². The highest BCUT2D eigenvalue weighted by Gasteiger charge is 2.03. The summed E-state index contributed by atoms with van der Waals surface area (Å²) in [4.78, 5) is 8.62. The number of thiazole rings is 1. The first-order valence-electron chi connectivity index (χ1n) is 6.70. The molecule has 0 saturated heterocycles. The minimum atomic E-state index is 0.695. The van der Waals surface area contributed by atoms with Crippen molar-refractivity contribution >= 4 is 22.3 Å². The van der Waals surface area contributed by atoms with E-state index in [9.17, 15) is 0 Å². The van der Waals surface area contributed by atoms with Gasteiger partial charge in [0.1, 0.15) is 23.1 Å². The number of rotatable bonds is 5. The maximum atomic E-state index is 5.81. The SMILES string of the molecule is COc1ccc(Oc2ccnc(Nc3nc(C)cs3)c2)cc1.